The highest BCUT2D eigenvalue weighted by Gasteiger charge is 2.17. The van der Waals surface area contributed by atoms with Crippen molar-refractivity contribution >= 4 is 41.0 Å². The van der Waals surface area contributed by atoms with Crippen molar-refractivity contribution < 1.29 is 4.52 Å². The summed E-state index contributed by atoms with van der Waals surface area (Å²) in [5.41, 5.74) is -0.223. The zero-order chi connectivity index (χ0) is 7.71. The first-order valence-electron chi connectivity index (χ1n) is 2.47. The Labute approximate surface area is 72.0 Å². The van der Waals surface area contributed by atoms with Crippen LogP contribution in [0.4, 0.5) is 0 Å². The normalized spacial score (nSPS) is 13.9. The van der Waals surface area contributed by atoms with Gasteiger partial charge in [-0.3, -0.25) is 0 Å². The summed E-state index contributed by atoms with van der Waals surface area (Å²) >= 11 is 12.9. The lowest BCUT2D eigenvalue weighted by atomic mass is 10.2. The van der Waals surface area contributed by atoms with Gasteiger partial charge in [-0.15, -0.1) is 24.5 Å². The zero-order valence-corrected chi connectivity index (χ0v) is 9.16. The second-order valence-corrected chi connectivity index (χ2v) is 11.4. The van der Waals surface area contributed by atoms with Crippen LogP contribution in [0.1, 0.15) is 20.8 Å². The van der Waals surface area contributed by atoms with Crippen LogP contribution in [0.25, 0.3) is 0 Å². The van der Waals surface area contributed by atoms with Gasteiger partial charge in [-0.1, -0.05) is 0 Å². The van der Waals surface area contributed by atoms with Crippen LogP contribution in [0.15, 0.2) is 0 Å². The van der Waals surface area contributed by atoms with Crippen molar-refractivity contribution in [1.29, 1.82) is 0 Å². The SMILES string of the molecule is CC(C)(C)OP(=S)(S)S. The Morgan fingerprint density at radius 3 is 1.67 bits per heavy atom. The third-order valence-corrected chi connectivity index (χ3v) is 1.89. The molecule has 0 aliphatic carbocycles. The highest BCUT2D eigenvalue weighted by Crippen LogP contribution is 2.59. The van der Waals surface area contributed by atoms with Crippen molar-refractivity contribution in [2.45, 2.75) is 26.4 Å². The summed E-state index contributed by atoms with van der Waals surface area (Å²) in [4.78, 5) is 0. The van der Waals surface area contributed by atoms with Crippen LogP contribution < -0.4 is 0 Å². The summed E-state index contributed by atoms with van der Waals surface area (Å²) in [6.07, 6.45) is 0. The van der Waals surface area contributed by atoms with Crippen molar-refractivity contribution in [3.8, 4) is 0 Å². The molecular formula is C4H11OPS3. The molecule has 0 aliphatic rings. The standard InChI is InChI=1S/C4H11OPS3/c1-4(2,3)5-6(7,8)9/h1-3H3,(H2,7,8,9). The smallest absolute Gasteiger partial charge is 0.169 e. The first-order valence-corrected chi connectivity index (χ1v) is 7.50. The molecule has 0 aromatic rings. The largest absolute Gasteiger partial charge is 0.328 e. The molecule has 56 valence electrons. The highest BCUT2D eigenvalue weighted by atomic mass is 33.2. The first-order chi connectivity index (χ1) is 3.71. The van der Waals surface area contributed by atoms with E-state index >= 15 is 0 Å². The number of hydrogen-bond acceptors (Lipinski definition) is 2. The van der Waals surface area contributed by atoms with Gasteiger partial charge in [0.2, 0.25) is 0 Å². The fraction of sp³-hybridized carbons (Fsp3) is 1.00. The van der Waals surface area contributed by atoms with Crippen molar-refractivity contribution in [2.75, 3.05) is 0 Å². The summed E-state index contributed by atoms with van der Waals surface area (Å²) in [6.45, 7) is 5.79. The average molecular weight is 202 g/mol. The molecule has 0 aromatic heterocycles. The number of thiol groups is 2. The predicted octanol–water partition coefficient (Wildman–Crippen LogP) is 2.89. The maximum absolute atomic E-state index is 5.28. The number of hydrogen-bond donors (Lipinski definition) is 2. The fourth-order valence-corrected chi connectivity index (χ4v) is 3.21. The van der Waals surface area contributed by atoms with E-state index in [0.29, 0.717) is 0 Å². The molecule has 0 aromatic carbocycles. The molecule has 0 spiro atoms. The van der Waals surface area contributed by atoms with Crippen molar-refractivity contribution in [3.63, 3.8) is 0 Å². The molecule has 0 amide bonds. The van der Waals surface area contributed by atoms with Crippen molar-refractivity contribution in [2.24, 2.45) is 0 Å². The monoisotopic (exact) mass is 202 g/mol. The van der Waals surface area contributed by atoms with Gasteiger partial charge in [-0.2, -0.15) is 0 Å². The van der Waals surface area contributed by atoms with Gasteiger partial charge in [0, 0.05) is 0 Å². The van der Waals surface area contributed by atoms with E-state index in [2.05, 4.69) is 24.5 Å². The fourth-order valence-electron chi connectivity index (χ4n) is 0.357. The van der Waals surface area contributed by atoms with Crippen LogP contribution >= 0.6 is 29.2 Å². The summed E-state index contributed by atoms with van der Waals surface area (Å²) < 4.78 is 3.21. The van der Waals surface area contributed by atoms with Crippen molar-refractivity contribution in [3.05, 3.63) is 0 Å². The molecule has 0 N–H and O–H groups in total. The van der Waals surface area contributed by atoms with E-state index < -0.39 is 4.67 Å². The summed E-state index contributed by atoms with van der Waals surface area (Å²) in [7, 11) is 0. The molecule has 0 bridgehead atoms. The van der Waals surface area contributed by atoms with Gasteiger partial charge in [0.1, 0.15) is 0 Å². The molecule has 5 heteroatoms. The van der Waals surface area contributed by atoms with Gasteiger partial charge >= 0.3 is 0 Å². The van der Waals surface area contributed by atoms with Crippen LogP contribution in [-0.4, -0.2) is 5.60 Å². The Morgan fingerprint density at radius 2 is 1.67 bits per heavy atom. The molecule has 0 saturated heterocycles. The number of rotatable bonds is 1. The Bertz CT molecular complexity index is 133. The summed E-state index contributed by atoms with van der Waals surface area (Å²) in [5.74, 6) is 0. The van der Waals surface area contributed by atoms with Crippen LogP contribution in [-0.2, 0) is 16.3 Å². The zero-order valence-electron chi connectivity index (χ0n) is 5.66. The molecular weight excluding hydrogens is 191 g/mol. The Morgan fingerprint density at radius 1 is 1.33 bits per heavy atom. The van der Waals surface area contributed by atoms with Crippen LogP contribution in [0.2, 0.25) is 0 Å². The molecule has 9 heavy (non-hydrogen) atoms. The quantitative estimate of drug-likeness (QED) is 0.500. The summed E-state index contributed by atoms with van der Waals surface area (Å²) in [6, 6.07) is 0. The van der Waals surface area contributed by atoms with Gasteiger partial charge in [-0.25, -0.2) is 0 Å². The minimum atomic E-state index is -2.07. The second-order valence-electron chi connectivity index (χ2n) is 2.69. The lowest BCUT2D eigenvalue weighted by molar-refractivity contribution is 0.159. The maximum Gasteiger partial charge on any atom is 0.169 e. The minimum absolute atomic E-state index is 0.223. The van der Waals surface area contributed by atoms with E-state index in [9.17, 15) is 0 Å². The molecule has 0 radical (unpaired) electrons. The molecule has 1 nitrogen and oxygen atoms in total. The second kappa shape index (κ2) is 3.14. The Kier molecular flexibility index (Phi) is 3.60. The van der Waals surface area contributed by atoms with Gasteiger partial charge in [-0.05, 0) is 32.6 Å². The van der Waals surface area contributed by atoms with Crippen molar-refractivity contribution in [1.82, 2.24) is 0 Å². The van der Waals surface area contributed by atoms with E-state index in [0.717, 1.165) is 0 Å². The topological polar surface area (TPSA) is 9.23 Å². The van der Waals surface area contributed by atoms with E-state index in [-0.39, 0.29) is 5.60 Å². The molecule has 0 fully saturated rings. The molecule has 0 rings (SSSR count). The van der Waals surface area contributed by atoms with Gasteiger partial charge < -0.3 is 4.52 Å². The molecule has 0 unspecified atom stereocenters. The van der Waals surface area contributed by atoms with Crippen LogP contribution in [0.3, 0.4) is 0 Å². The van der Waals surface area contributed by atoms with Gasteiger partial charge in [0.05, 0.1) is 5.60 Å². The lowest BCUT2D eigenvalue weighted by Gasteiger charge is -2.23. The summed E-state index contributed by atoms with van der Waals surface area (Å²) in [5, 5.41) is 0. The lowest BCUT2D eigenvalue weighted by Crippen LogP contribution is -2.14. The van der Waals surface area contributed by atoms with Gasteiger partial charge in [0.25, 0.3) is 0 Å². The van der Waals surface area contributed by atoms with Crippen LogP contribution in [0, 0.1) is 0 Å². The predicted molar refractivity (Wildman–Crippen MR) is 53.1 cm³/mol. The minimum Gasteiger partial charge on any atom is -0.328 e. The Balaban J connectivity index is 3.90. The van der Waals surface area contributed by atoms with Gasteiger partial charge in [0.15, 0.2) is 4.67 Å². The molecule has 0 heterocycles. The first kappa shape index (κ1) is 10.3. The molecule has 0 atom stereocenters. The maximum atomic E-state index is 5.28. The highest BCUT2D eigenvalue weighted by molar-refractivity contribution is 8.90. The molecule has 0 aliphatic heterocycles. The van der Waals surface area contributed by atoms with Crippen LogP contribution in [0.5, 0.6) is 0 Å². The molecule has 0 saturated carbocycles. The average Bonchev–Trinajstić information content (AvgIpc) is 1.14. The third-order valence-electron chi connectivity index (χ3n) is 0.393. The van der Waals surface area contributed by atoms with E-state index in [1.54, 1.807) is 0 Å². The Hall–Kier alpha value is 1.31. The van der Waals surface area contributed by atoms with E-state index in [1.807, 2.05) is 20.8 Å². The van der Waals surface area contributed by atoms with E-state index in [4.69, 9.17) is 16.3 Å². The van der Waals surface area contributed by atoms with E-state index in [1.165, 1.54) is 0 Å². The third kappa shape index (κ3) is 9.31.